The molecule has 0 aromatic heterocycles. The molecule has 0 N–H and O–H groups in total. The monoisotopic (exact) mass is 72.1 g/mol. The molecule has 1 heteroatoms. The third-order valence-electron chi connectivity index (χ3n) is 0.354. The molecule has 0 atom stereocenters. The normalized spacial score (nSPS) is 15.2. The van der Waals surface area contributed by atoms with Crippen LogP contribution >= 0.6 is 0 Å². The maximum absolute atomic E-state index is 8.00. The number of carbonyl (C=O) groups is 1. The van der Waals surface area contributed by atoms with E-state index >= 15 is 0 Å². The molecule has 1 aliphatic carbocycles. The highest BCUT2D eigenvalue weighted by Gasteiger charge is 1.95. The van der Waals surface area contributed by atoms with Gasteiger partial charge in [0.2, 0.25) is 0 Å². The van der Waals surface area contributed by atoms with Crippen molar-refractivity contribution in [2.75, 3.05) is 0 Å². The third-order valence-corrected chi connectivity index (χ3v) is 0.354. The van der Waals surface area contributed by atoms with Gasteiger partial charge >= 0.3 is 0 Å². The summed E-state index contributed by atoms with van der Waals surface area (Å²) in [4.78, 5) is 8.00. The lowest BCUT2D eigenvalue weighted by Gasteiger charge is -1.05. The molecule has 30 valence electrons. The average Bonchev–Trinajstić information content (AvgIpc) is 2.19. The third kappa shape index (κ3) is 22.8. The first-order valence-electron chi connectivity index (χ1n) is 1.79. The Labute approximate surface area is 32.0 Å². The second-order valence-corrected chi connectivity index (χ2v) is 1.06. The van der Waals surface area contributed by atoms with Crippen LogP contribution in [-0.2, 0) is 4.79 Å². The fourth-order valence-electron chi connectivity index (χ4n) is 0. The van der Waals surface area contributed by atoms with E-state index in [2.05, 4.69) is 0 Å². The van der Waals surface area contributed by atoms with E-state index in [4.69, 9.17) is 4.79 Å². The van der Waals surface area contributed by atoms with E-state index < -0.39 is 0 Å². The molecule has 0 aromatic carbocycles. The van der Waals surface area contributed by atoms with Crippen LogP contribution in [0.5, 0.6) is 0 Å². The van der Waals surface area contributed by atoms with Crippen molar-refractivity contribution >= 4 is 6.79 Å². The fraction of sp³-hybridized carbons (Fsp3) is 0.750. The lowest BCUT2D eigenvalue weighted by atomic mass is 11.0. The molecule has 5 heavy (non-hydrogen) atoms. The molecule has 1 saturated carbocycles. The molecule has 0 bridgehead atoms. The summed E-state index contributed by atoms with van der Waals surface area (Å²) in [5.41, 5.74) is 0. The molecule has 0 spiro atoms. The second kappa shape index (κ2) is 3.67. The lowest BCUT2D eigenvalue weighted by Crippen LogP contribution is -0.925. The minimum absolute atomic E-state index is 1.50. The van der Waals surface area contributed by atoms with E-state index in [1.165, 1.54) is 19.3 Å². The first-order chi connectivity index (χ1) is 2.50. The summed E-state index contributed by atoms with van der Waals surface area (Å²) in [7, 11) is 0. The molecule has 0 unspecified atom stereocenters. The topological polar surface area (TPSA) is 17.1 Å². The van der Waals surface area contributed by atoms with E-state index in [0.29, 0.717) is 0 Å². The van der Waals surface area contributed by atoms with Crippen LogP contribution in [0.15, 0.2) is 0 Å². The van der Waals surface area contributed by atoms with Gasteiger partial charge in [0.1, 0.15) is 6.79 Å². The van der Waals surface area contributed by atoms with E-state index in [9.17, 15) is 0 Å². The minimum Gasteiger partial charge on any atom is -0.307 e. The molecule has 0 heterocycles. The number of carbonyl (C=O) groups excluding carboxylic acids is 1. The van der Waals surface area contributed by atoms with Crippen molar-refractivity contribution < 1.29 is 4.79 Å². The highest BCUT2D eigenvalue weighted by Crippen LogP contribution is 2.14. The van der Waals surface area contributed by atoms with Gasteiger partial charge in [0.05, 0.1) is 0 Å². The van der Waals surface area contributed by atoms with Crippen molar-refractivity contribution in [3.8, 4) is 0 Å². The van der Waals surface area contributed by atoms with Crippen LogP contribution in [-0.4, -0.2) is 6.79 Å². The molecule has 1 aliphatic rings. The molecule has 0 saturated heterocycles. The summed E-state index contributed by atoms with van der Waals surface area (Å²) in [6.07, 6.45) is 4.50. The van der Waals surface area contributed by atoms with Crippen molar-refractivity contribution in [3.63, 3.8) is 0 Å². The SMILES string of the molecule is C1CC1.C=O. The number of hydrogen-bond donors (Lipinski definition) is 0. The van der Waals surface area contributed by atoms with Gasteiger partial charge in [-0.3, -0.25) is 0 Å². The summed E-state index contributed by atoms with van der Waals surface area (Å²) in [5, 5.41) is 0. The van der Waals surface area contributed by atoms with Gasteiger partial charge < -0.3 is 4.79 Å². The molecule has 1 nitrogen and oxygen atoms in total. The zero-order valence-electron chi connectivity index (χ0n) is 3.24. The smallest absolute Gasteiger partial charge is 0.106 e. The van der Waals surface area contributed by atoms with Gasteiger partial charge in [0.25, 0.3) is 0 Å². The van der Waals surface area contributed by atoms with E-state index in [-0.39, 0.29) is 0 Å². The Morgan fingerprint density at radius 1 is 1.00 bits per heavy atom. The largest absolute Gasteiger partial charge is 0.307 e. The van der Waals surface area contributed by atoms with Crippen LogP contribution < -0.4 is 0 Å². The van der Waals surface area contributed by atoms with E-state index in [0.717, 1.165) is 0 Å². The summed E-state index contributed by atoms with van der Waals surface area (Å²) >= 11 is 0. The standard InChI is InChI=1S/C3H6.CH2O/c1-2-3-1;1-2/h1-3H2;1H2. The van der Waals surface area contributed by atoms with Gasteiger partial charge in [-0.25, -0.2) is 0 Å². The Morgan fingerprint density at radius 2 is 1.20 bits per heavy atom. The zero-order valence-corrected chi connectivity index (χ0v) is 3.24. The average molecular weight is 72.1 g/mol. The number of hydrogen-bond acceptors (Lipinski definition) is 1. The predicted octanol–water partition coefficient (Wildman–Crippen LogP) is 0.985. The summed E-state index contributed by atoms with van der Waals surface area (Å²) in [6, 6.07) is 0. The predicted molar refractivity (Wildman–Crippen MR) is 21.0 cm³/mol. The van der Waals surface area contributed by atoms with Crippen LogP contribution in [0.1, 0.15) is 19.3 Å². The zero-order chi connectivity index (χ0) is 4.12. The van der Waals surface area contributed by atoms with Gasteiger partial charge in [0.15, 0.2) is 0 Å². The lowest BCUT2D eigenvalue weighted by molar-refractivity contribution is -0.0979. The summed E-state index contributed by atoms with van der Waals surface area (Å²) in [5.74, 6) is 0. The van der Waals surface area contributed by atoms with Crippen LogP contribution in [0.3, 0.4) is 0 Å². The van der Waals surface area contributed by atoms with E-state index in [1.54, 1.807) is 0 Å². The van der Waals surface area contributed by atoms with Crippen molar-refractivity contribution in [2.45, 2.75) is 19.3 Å². The molecule has 0 amide bonds. The van der Waals surface area contributed by atoms with E-state index in [1.807, 2.05) is 6.79 Å². The molecule has 0 radical (unpaired) electrons. The maximum atomic E-state index is 8.00. The highest BCUT2D eigenvalue weighted by molar-refractivity contribution is 5.10. The van der Waals surface area contributed by atoms with Crippen LogP contribution in [0.2, 0.25) is 0 Å². The Bertz CT molecular complexity index is 14.9. The maximum Gasteiger partial charge on any atom is 0.106 e. The minimum atomic E-state index is 1.50. The van der Waals surface area contributed by atoms with Crippen molar-refractivity contribution in [2.24, 2.45) is 0 Å². The van der Waals surface area contributed by atoms with Gasteiger partial charge in [-0.15, -0.1) is 0 Å². The molecule has 1 fully saturated rings. The molecular formula is C4H8O. The fourth-order valence-corrected chi connectivity index (χ4v) is 0. The van der Waals surface area contributed by atoms with Gasteiger partial charge in [-0.05, 0) is 0 Å². The van der Waals surface area contributed by atoms with Gasteiger partial charge in [0, 0.05) is 0 Å². The Kier molecular flexibility index (Phi) is 3.43. The Hall–Kier alpha value is -0.330. The van der Waals surface area contributed by atoms with Crippen LogP contribution in [0.25, 0.3) is 0 Å². The van der Waals surface area contributed by atoms with Gasteiger partial charge in [-0.2, -0.15) is 0 Å². The van der Waals surface area contributed by atoms with Crippen LogP contribution in [0.4, 0.5) is 0 Å². The molecular weight excluding hydrogens is 64.0 g/mol. The van der Waals surface area contributed by atoms with Crippen molar-refractivity contribution in [3.05, 3.63) is 0 Å². The quantitative estimate of drug-likeness (QED) is 0.417. The molecule has 0 aliphatic heterocycles. The van der Waals surface area contributed by atoms with Crippen molar-refractivity contribution in [1.29, 1.82) is 0 Å². The summed E-state index contributed by atoms with van der Waals surface area (Å²) in [6.45, 7) is 2.00. The first-order valence-corrected chi connectivity index (χ1v) is 1.79. The molecule has 0 aromatic rings. The number of rotatable bonds is 0. The second-order valence-electron chi connectivity index (χ2n) is 1.06. The first kappa shape index (κ1) is 4.67. The summed E-state index contributed by atoms with van der Waals surface area (Å²) < 4.78 is 0. The Balaban J connectivity index is 0.0000000733. The van der Waals surface area contributed by atoms with Crippen LogP contribution in [0, 0.1) is 0 Å². The highest BCUT2D eigenvalue weighted by atomic mass is 16.1. The molecule has 1 rings (SSSR count). The van der Waals surface area contributed by atoms with Gasteiger partial charge in [-0.1, -0.05) is 19.3 Å². The van der Waals surface area contributed by atoms with Crippen molar-refractivity contribution in [1.82, 2.24) is 0 Å². The Morgan fingerprint density at radius 3 is 1.20 bits per heavy atom.